The first-order valence-corrected chi connectivity index (χ1v) is 8.02. The third-order valence-electron chi connectivity index (χ3n) is 4.22. The number of fused-ring (bicyclic) bond motifs is 1. The molecule has 24 heavy (non-hydrogen) atoms. The van der Waals surface area contributed by atoms with Crippen LogP contribution in [0.3, 0.4) is 0 Å². The number of carbonyl (C=O) groups excluding carboxylic acids is 1. The second-order valence-corrected chi connectivity index (χ2v) is 6.20. The van der Waals surface area contributed by atoms with E-state index in [0.29, 0.717) is 35.0 Å². The van der Waals surface area contributed by atoms with E-state index in [1.807, 2.05) is 24.3 Å². The van der Waals surface area contributed by atoms with Crippen molar-refractivity contribution in [3.8, 4) is 5.75 Å². The molecular weight excluding hydrogens is 328 g/mol. The van der Waals surface area contributed by atoms with Crippen LogP contribution in [-0.4, -0.2) is 24.5 Å². The minimum atomic E-state index is -0.0641. The van der Waals surface area contributed by atoms with Crippen LogP contribution in [0.2, 0.25) is 5.02 Å². The third-order valence-corrected chi connectivity index (χ3v) is 4.46. The van der Waals surface area contributed by atoms with Crippen molar-refractivity contribution in [1.82, 2.24) is 4.98 Å². The SMILES string of the molecule is COc1ccc(N2C[C@H](c3nc4cc(Cl)ccc4o3)CC2=O)cc1. The molecule has 6 heteroatoms. The minimum Gasteiger partial charge on any atom is -0.497 e. The van der Waals surface area contributed by atoms with Crippen LogP contribution >= 0.6 is 11.6 Å². The topological polar surface area (TPSA) is 55.6 Å². The second kappa shape index (κ2) is 5.83. The summed E-state index contributed by atoms with van der Waals surface area (Å²) in [4.78, 5) is 18.6. The molecule has 1 amide bonds. The molecular formula is C18H15ClN2O3. The fourth-order valence-electron chi connectivity index (χ4n) is 2.98. The van der Waals surface area contributed by atoms with Crippen LogP contribution in [0.15, 0.2) is 46.9 Å². The molecule has 4 rings (SSSR count). The Morgan fingerprint density at radius 3 is 2.79 bits per heavy atom. The Bertz CT molecular complexity index is 904. The van der Waals surface area contributed by atoms with Gasteiger partial charge in [-0.3, -0.25) is 4.79 Å². The molecule has 0 spiro atoms. The first-order chi connectivity index (χ1) is 11.6. The predicted octanol–water partition coefficient (Wildman–Crippen LogP) is 4.01. The van der Waals surface area contributed by atoms with Crippen molar-refractivity contribution in [1.29, 1.82) is 0 Å². The van der Waals surface area contributed by atoms with Gasteiger partial charge in [-0.25, -0.2) is 4.98 Å². The molecule has 3 aromatic rings. The molecule has 2 aromatic carbocycles. The lowest BCUT2D eigenvalue weighted by Gasteiger charge is -2.16. The molecule has 0 unspecified atom stereocenters. The predicted molar refractivity (Wildman–Crippen MR) is 91.7 cm³/mol. The number of rotatable bonds is 3. The molecule has 122 valence electrons. The molecule has 0 bridgehead atoms. The molecule has 1 saturated heterocycles. The van der Waals surface area contributed by atoms with Gasteiger partial charge in [0.15, 0.2) is 5.58 Å². The van der Waals surface area contributed by atoms with Crippen LogP contribution in [-0.2, 0) is 4.79 Å². The van der Waals surface area contributed by atoms with E-state index in [9.17, 15) is 4.79 Å². The zero-order chi connectivity index (χ0) is 16.7. The van der Waals surface area contributed by atoms with Crippen LogP contribution in [0.1, 0.15) is 18.2 Å². The number of amides is 1. The average Bonchev–Trinajstić information content (AvgIpc) is 3.18. The van der Waals surface area contributed by atoms with Crippen molar-refractivity contribution in [2.75, 3.05) is 18.6 Å². The molecule has 0 radical (unpaired) electrons. The number of hydrogen-bond acceptors (Lipinski definition) is 4. The van der Waals surface area contributed by atoms with Crippen LogP contribution < -0.4 is 9.64 Å². The fourth-order valence-corrected chi connectivity index (χ4v) is 3.14. The van der Waals surface area contributed by atoms with Crippen LogP contribution in [0.4, 0.5) is 5.69 Å². The maximum absolute atomic E-state index is 12.4. The number of benzene rings is 2. The van der Waals surface area contributed by atoms with Gasteiger partial charge in [0, 0.05) is 23.7 Å². The number of carbonyl (C=O) groups is 1. The zero-order valence-electron chi connectivity index (χ0n) is 13.0. The molecule has 2 heterocycles. The van der Waals surface area contributed by atoms with Crippen molar-refractivity contribution < 1.29 is 13.9 Å². The average molecular weight is 343 g/mol. The maximum Gasteiger partial charge on any atom is 0.227 e. The Hall–Kier alpha value is -2.53. The largest absolute Gasteiger partial charge is 0.497 e. The number of oxazole rings is 1. The molecule has 0 N–H and O–H groups in total. The summed E-state index contributed by atoms with van der Waals surface area (Å²) in [6, 6.07) is 12.8. The number of halogens is 1. The lowest BCUT2D eigenvalue weighted by Crippen LogP contribution is -2.24. The number of aromatic nitrogens is 1. The summed E-state index contributed by atoms with van der Waals surface area (Å²) in [5.74, 6) is 1.34. The van der Waals surface area contributed by atoms with E-state index in [1.54, 1.807) is 30.2 Å². The Morgan fingerprint density at radius 1 is 1.25 bits per heavy atom. The molecule has 1 fully saturated rings. The number of ether oxygens (including phenoxy) is 1. The highest BCUT2D eigenvalue weighted by molar-refractivity contribution is 6.31. The maximum atomic E-state index is 12.4. The van der Waals surface area contributed by atoms with Crippen LogP contribution in [0, 0.1) is 0 Å². The Labute approximate surface area is 143 Å². The highest BCUT2D eigenvalue weighted by Gasteiger charge is 2.34. The van der Waals surface area contributed by atoms with Crippen molar-refractivity contribution in [2.45, 2.75) is 12.3 Å². The Balaban J connectivity index is 1.60. The highest BCUT2D eigenvalue weighted by Crippen LogP contribution is 2.33. The smallest absolute Gasteiger partial charge is 0.227 e. The first-order valence-electron chi connectivity index (χ1n) is 7.64. The van der Waals surface area contributed by atoms with Gasteiger partial charge in [0.1, 0.15) is 11.3 Å². The quantitative estimate of drug-likeness (QED) is 0.721. The van der Waals surface area contributed by atoms with Gasteiger partial charge in [-0.2, -0.15) is 0 Å². The molecule has 1 aliphatic rings. The van der Waals surface area contributed by atoms with Gasteiger partial charge < -0.3 is 14.1 Å². The minimum absolute atomic E-state index is 0.0606. The van der Waals surface area contributed by atoms with E-state index in [2.05, 4.69) is 4.98 Å². The van der Waals surface area contributed by atoms with Gasteiger partial charge in [0.05, 0.1) is 13.0 Å². The molecule has 5 nitrogen and oxygen atoms in total. The summed E-state index contributed by atoms with van der Waals surface area (Å²) >= 11 is 5.98. The number of nitrogens with zero attached hydrogens (tertiary/aromatic N) is 2. The second-order valence-electron chi connectivity index (χ2n) is 5.77. The molecule has 1 atom stereocenters. The summed E-state index contributed by atoms with van der Waals surface area (Å²) in [5, 5.41) is 0.615. The van der Waals surface area contributed by atoms with Gasteiger partial charge in [-0.15, -0.1) is 0 Å². The highest BCUT2D eigenvalue weighted by atomic mass is 35.5. The molecule has 1 aromatic heterocycles. The van der Waals surface area contributed by atoms with Crippen molar-refractivity contribution in [2.24, 2.45) is 0 Å². The lowest BCUT2D eigenvalue weighted by molar-refractivity contribution is -0.117. The summed E-state index contributed by atoms with van der Waals surface area (Å²) in [5.41, 5.74) is 2.25. The molecule has 0 aliphatic carbocycles. The van der Waals surface area contributed by atoms with E-state index in [4.69, 9.17) is 20.8 Å². The zero-order valence-corrected chi connectivity index (χ0v) is 13.8. The molecule has 0 saturated carbocycles. The fraction of sp³-hybridized carbons (Fsp3) is 0.222. The van der Waals surface area contributed by atoms with Crippen LogP contribution in [0.25, 0.3) is 11.1 Å². The van der Waals surface area contributed by atoms with Crippen LogP contribution in [0.5, 0.6) is 5.75 Å². The number of methoxy groups -OCH3 is 1. The van der Waals surface area contributed by atoms with E-state index in [1.165, 1.54) is 0 Å². The van der Waals surface area contributed by atoms with Gasteiger partial charge in [-0.1, -0.05) is 11.6 Å². The van der Waals surface area contributed by atoms with Crippen molar-refractivity contribution in [3.05, 3.63) is 53.4 Å². The van der Waals surface area contributed by atoms with Crippen molar-refractivity contribution in [3.63, 3.8) is 0 Å². The third kappa shape index (κ3) is 2.61. The summed E-state index contributed by atoms with van der Waals surface area (Å²) < 4.78 is 11.0. The van der Waals surface area contributed by atoms with E-state index < -0.39 is 0 Å². The normalized spacial score (nSPS) is 17.7. The van der Waals surface area contributed by atoms with E-state index >= 15 is 0 Å². The number of anilines is 1. The monoisotopic (exact) mass is 342 g/mol. The molecule has 1 aliphatic heterocycles. The van der Waals surface area contributed by atoms with Gasteiger partial charge >= 0.3 is 0 Å². The van der Waals surface area contributed by atoms with Crippen molar-refractivity contribution >= 4 is 34.3 Å². The van der Waals surface area contributed by atoms with Gasteiger partial charge in [0.2, 0.25) is 11.8 Å². The Morgan fingerprint density at radius 2 is 2.04 bits per heavy atom. The summed E-state index contributed by atoms with van der Waals surface area (Å²) in [6.07, 6.45) is 0.382. The lowest BCUT2D eigenvalue weighted by atomic mass is 10.1. The standard InChI is InChI=1S/C18H15ClN2O3/c1-23-14-5-3-13(4-6-14)21-10-11(8-17(21)22)18-20-15-9-12(19)2-7-16(15)24-18/h2-7,9,11H,8,10H2,1H3/t11-/m1/s1. The Kier molecular flexibility index (Phi) is 3.65. The summed E-state index contributed by atoms with van der Waals surface area (Å²) in [7, 11) is 1.62. The first kappa shape index (κ1) is 15.0. The van der Waals surface area contributed by atoms with E-state index in [-0.39, 0.29) is 11.8 Å². The van der Waals surface area contributed by atoms with Gasteiger partial charge in [-0.05, 0) is 42.5 Å². The van der Waals surface area contributed by atoms with Gasteiger partial charge in [0.25, 0.3) is 0 Å². The number of hydrogen-bond donors (Lipinski definition) is 0. The summed E-state index contributed by atoms with van der Waals surface area (Å²) in [6.45, 7) is 0.547. The van der Waals surface area contributed by atoms with E-state index in [0.717, 1.165) is 11.4 Å².